The average Bonchev–Trinajstić information content (AvgIpc) is 2.29. The molecule has 0 fully saturated rings. The van der Waals surface area contributed by atoms with E-state index >= 15 is 0 Å². The minimum Gasteiger partial charge on any atom is -0.475 e. The summed E-state index contributed by atoms with van der Waals surface area (Å²) in [5.74, 6) is 1.61. The lowest BCUT2D eigenvalue weighted by Gasteiger charge is -2.12. The minimum absolute atomic E-state index is 0.332. The van der Waals surface area contributed by atoms with E-state index in [0.29, 0.717) is 18.1 Å². The predicted molar refractivity (Wildman–Crippen MR) is 51.5 cm³/mol. The molecular formula is C10H19NO. The third kappa shape index (κ3) is 2.23. The van der Waals surface area contributed by atoms with Crippen LogP contribution < -0.4 is 0 Å². The zero-order valence-electron chi connectivity index (χ0n) is 8.50. The normalized spacial score (nSPS) is 28.9. The monoisotopic (exact) mass is 169 g/mol. The van der Waals surface area contributed by atoms with E-state index in [1.807, 2.05) is 0 Å². The van der Waals surface area contributed by atoms with E-state index in [1.165, 1.54) is 0 Å². The SMILES string of the molecule is CCC1OC(CC(C)C)=NC1C. The van der Waals surface area contributed by atoms with Gasteiger partial charge >= 0.3 is 0 Å². The summed E-state index contributed by atoms with van der Waals surface area (Å²) >= 11 is 0. The number of aliphatic imine (C=N–C) groups is 1. The third-order valence-corrected chi connectivity index (χ3v) is 2.16. The highest BCUT2D eigenvalue weighted by molar-refractivity contribution is 5.78. The van der Waals surface area contributed by atoms with Gasteiger partial charge in [0.05, 0.1) is 6.04 Å². The Hall–Kier alpha value is -0.530. The van der Waals surface area contributed by atoms with E-state index < -0.39 is 0 Å². The van der Waals surface area contributed by atoms with E-state index in [2.05, 4.69) is 32.7 Å². The van der Waals surface area contributed by atoms with Crippen molar-refractivity contribution in [1.82, 2.24) is 0 Å². The molecular weight excluding hydrogens is 150 g/mol. The standard InChI is InChI=1S/C10H19NO/c1-5-9-8(4)11-10(12-9)6-7(2)3/h7-9H,5-6H2,1-4H3. The minimum atomic E-state index is 0.332. The van der Waals surface area contributed by atoms with Crippen molar-refractivity contribution in [1.29, 1.82) is 0 Å². The predicted octanol–water partition coefficient (Wildman–Crippen LogP) is 2.63. The lowest BCUT2D eigenvalue weighted by Crippen LogP contribution is -2.18. The first-order valence-corrected chi connectivity index (χ1v) is 4.86. The summed E-state index contributed by atoms with van der Waals surface area (Å²) in [5.41, 5.74) is 0. The Balaban J connectivity index is 2.44. The number of nitrogens with zero attached hydrogens (tertiary/aromatic N) is 1. The molecule has 1 aliphatic heterocycles. The molecule has 0 aromatic carbocycles. The average molecular weight is 169 g/mol. The summed E-state index contributed by atoms with van der Waals surface area (Å²) in [7, 11) is 0. The molecule has 0 amide bonds. The molecule has 0 aromatic rings. The summed E-state index contributed by atoms with van der Waals surface area (Å²) in [6.45, 7) is 8.65. The molecule has 70 valence electrons. The fourth-order valence-corrected chi connectivity index (χ4v) is 1.49. The molecule has 0 saturated carbocycles. The molecule has 0 radical (unpaired) electrons. The maximum Gasteiger partial charge on any atom is 0.184 e. The highest BCUT2D eigenvalue weighted by Gasteiger charge is 2.25. The van der Waals surface area contributed by atoms with E-state index in [-0.39, 0.29) is 0 Å². The van der Waals surface area contributed by atoms with E-state index in [1.54, 1.807) is 0 Å². The smallest absolute Gasteiger partial charge is 0.184 e. The molecule has 2 nitrogen and oxygen atoms in total. The van der Waals surface area contributed by atoms with Crippen molar-refractivity contribution >= 4 is 5.90 Å². The van der Waals surface area contributed by atoms with Crippen molar-refractivity contribution in [2.24, 2.45) is 10.9 Å². The number of ether oxygens (including phenoxy) is 1. The third-order valence-electron chi connectivity index (χ3n) is 2.16. The number of hydrogen-bond acceptors (Lipinski definition) is 2. The Labute approximate surface area is 75.0 Å². The Bertz CT molecular complexity index is 175. The van der Waals surface area contributed by atoms with Gasteiger partial charge in [-0.2, -0.15) is 0 Å². The first-order valence-electron chi connectivity index (χ1n) is 4.86. The molecule has 1 aliphatic rings. The number of hydrogen-bond donors (Lipinski definition) is 0. The van der Waals surface area contributed by atoms with Crippen LogP contribution in [0.5, 0.6) is 0 Å². The molecule has 0 bridgehead atoms. The van der Waals surface area contributed by atoms with Gasteiger partial charge in [0.15, 0.2) is 5.90 Å². The first-order chi connectivity index (χ1) is 5.63. The molecule has 2 unspecified atom stereocenters. The summed E-state index contributed by atoms with van der Waals surface area (Å²) in [6.07, 6.45) is 2.38. The lowest BCUT2D eigenvalue weighted by molar-refractivity contribution is 0.186. The molecule has 0 spiro atoms. The quantitative estimate of drug-likeness (QED) is 0.636. The molecule has 0 aromatic heterocycles. The van der Waals surface area contributed by atoms with Gasteiger partial charge in [-0.05, 0) is 19.3 Å². The van der Waals surface area contributed by atoms with Crippen molar-refractivity contribution < 1.29 is 4.74 Å². The zero-order valence-corrected chi connectivity index (χ0v) is 8.50. The highest BCUT2D eigenvalue weighted by Crippen LogP contribution is 2.19. The van der Waals surface area contributed by atoms with Crippen molar-refractivity contribution in [3.63, 3.8) is 0 Å². The van der Waals surface area contributed by atoms with Gasteiger partial charge in [0.1, 0.15) is 6.10 Å². The maximum atomic E-state index is 5.68. The van der Waals surface area contributed by atoms with Crippen LogP contribution in [0.25, 0.3) is 0 Å². The van der Waals surface area contributed by atoms with Gasteiger partial charge in [0.2, 0.25) is 0 Å². The van der Waals surface area contributed by atoms with Crippen LogP contribution in [-0.2, 0) is 4.74 Å². The second-order valence-electron chi connectivity index (χ2n) is 3.93. The summed E-state index contributed by atoms with van der Waals surface area (Å²) in [5, 5.41) is 0. The van der Waals surface area contributed by atoms with Crippen LogP contribution in [0.15, 0.2) is 4.99 Å². The summed E-state index contributed by atoms with van der Waals surface area (Å²) < 4.78 is 5.68. The topological polar surface area (TPSA) is 21.6 Å². The largest absolute Gasteiger partial charge is 0.475 e. The second kappa shape index (κ2) is 3.92. The molecule has 0 aliphatic carbocycles. The second-order valence-corrected chi connectivity index (χ2v) is 3.93. The molecule has 0 N–H and O–H groups in total. The molecule has 2 heteroatoms. The van der Waals surface area contributed by atoms with Crippen molar-refractivity contribution in [2.45, 2.75) is 52.7 Å². The Kier molecular flexibility index (Phi) is 3.12. The first kappa shape index (κ1) is 9.56. The van der Waals surface area contributed by atoms with Crippen LogP contribution in [0.3, 0.4) is 0 Å². The Morgan fingerprint density at radius 3 is 2.58 bits per heavy atom. The molecule has 12 heavy (non-hydrogen) atoms. The molecule has 2 atom stereocenters. The van der Waals surface area contributed by atoms with Crippen LogP contribution in [0.4, 0.5) is 0 Å². The lowest BCUT2D eigenvalue weighted by atomic mass is 10.1. The van der Waals surface area contributed by atoms with Gasteiger partial charge in [-0.15, -0.1) is 0 Å². The highest BCUT2D eigenvalue weighted by atomic mass is 16.5. The van der Waals surface area contributed by atoms with E-state index in [9.17, 15) is 0 Å². The molecule has 1 rings (SSSR count). The van der Waals surface area contributed by atoms with Crippen molar-refractivity contribution in [2.75, 3.05) is 0 Å². The van der Waals surface area contributed by atoms with Gasteiger partial charge in [-0.25, -0.2) is 4.99 Å². The van der Waals surface area contributed by atoms with Crippen LogP contribution in [0.1, 0.15) is 40.5 Å². The Morgan fingerprint density at radius 1 is 1.50 bits per heavy atom. The summed E-state index contributed by atoms with van der Waals surface area (Å²) in [4.78, 5) is 4.48. The fraction of sp³-hybridized carbons (Fsp3) is 0.900. The van der Waals surface area contributed by atoms with Gasteiger partial charge in [0.25, 0.3) is 0 Å². The van der Waals surface area contributed by atoms with E-state index in [4.69, 9.17) is 4.74 Å². The van der Waals surface area contributed by atoms with Gasteiger partial charge in [-0.3, -0.25) is 0 Å². The van der Waals surface area contributed by atoms with Gasteiger partial charge < -0.3 is 4.74 Å². The maximum absolute atomic E-state index is 5.68. The Morgan fingerprint density at radius 2 is 2.17 bits per heavy atom. The van der Waals surface area contributed by atoms with Gasteiger partial charge in [-0.1, -0.05) is 20.8 Å². The van der Waals surface area contributed by atoms with Gasteiger partial charge in [0, 0.05) is 6.42 Å². The summed E-state index contributed by atoms with van der Waals surface area (Å²) in [6, 6.07) is 0.365. The van der Waals surface area contributed by atoms with Crippen LogP contribution in [0.2, 0.25) is 0 Å². The molecule has 1 heterocycles. The van der Waals surface area contributed by atoms with Crippen molar-refractivity contribution in [3.05, 3.63) is 0 Å². The van der Waals surface area contributed by atoms with Crippen LogP contribution in [0, 0.1) is 5.92 Å². The van der Waals surface area contributed by atoms with E-state index in [0.717, 1.165) is 18.7 Å². The fourth-order valence-electron chi connectivity index (χ4n) is 1.49. The van der Waals surface area contributed by atoms with Crippen LogP contribution in [-0.4, -0.2) is 18.0 Å². The van der Waals surface area contributed by atoms with Crippen LogP contribution >= 0.6 is 0 Å². The van der Waals surface area contributed by atoms with Crippen molar-refractivity contribution in [3.8, 4) is 0 Å². The number of rotatable bonds is 3. The molecule has 0 saturated heterocycles. The zero-order chi connectivity index (χ0) is 9.14.